The number of rotatable bonds is 6. The highest BCUT2D eigenvalue weighted by atomic mass is 32.2. The maximum absolute atomic E-state index is 12.8. The molecule has 0 aromatic heterocycles. The van der Waals surface area contributed by atoms with Crippen LogP contribution in [-0.4, -0.2) is 60.1 Å². The first-order valence-corrected chi connectivity index (χ1v) is 11.7. The summed E-state index contributed by atoms with van der Waals surface area (Å²) in [6, 6.07) is 0.572. The van der Waals surface area contributed by atoms with Gasteiger partial charge in [0.2, 0.25) is 5.91 Å². The van der Waals surface area contributed by atoms with Crippen LogP contribution in [0.5, 0.6) is 0 Å². The van der Waals surface area contributed by atoms with E-state index in [1.807, 2.05) is 11.8 Å². The molecule has 5 N–H and O–H groups in total. The molecule has 0 aromatic carbocycles. The molecule has 6 atom stereocenters. The van der Waals surface area contributed by atoms with Crippen molar-refractivity contribution in [2.24, 2.45) is 11.8 Å². The summed E-state index contributed by atoms with van der Waals surface area (Å²) in [5.41, 5.74) is 6.85. The van der Waals surface area contributed by atoms with Gasteiger partial charge in [-0.25, -0.2) is 10.9 Å². The Morgan fingerprint density at radius 1 is 1.22 bits per heavy atom. The third-order valence-electron chi connectivity index (χ3n) is 6.65. The number of carbonyl (C=O) groups excluding carboxylic acids is 1. The normalized spacial score (nSPS) is 39.3. The van der Waals surface area contributed by atoms with Crippen molar-refractivity contribution in [1.82, 2.24) is 31.7 Å². The molecule has 4 rings (SSSR count). The molecule has 4 fully saturated rings. The van der Waals surface area contributed by atoms with Gasteiger partial charge in [0.1, 0.15) is 5.50 Å². The summed E-state index contributed by atoms with van der Waals surface area (Å²) in [5, 5.41) is 11.0. The van der Waals surface area contributed by atoms with E-state index in [-0.39, 0.29) is 18.1 Å². The molecule has 1 saturated carbocycles. The van der Waals surface area contributed by atoms with Crippen molar-refractivity contribution in [2.45, 2.75) is 80.9 Å². The zero-order chi connectivity index (χ0) is 18.8. The van der Waals surface area contributed by atoms with Crippen LogP contribution in [0.25, 0.3) is 0 Å². The molecule has 0 aromatic rings. The summed E-state index contributed by atoms with van der Waals surface area (Å²) in [7, 11) is 2.13. The van der Waals surface area contributed by atoms with Gasteiger partial charge in [0.15, 0.2) is 0 Å². The molecule has 3 heterocycles. The molecule has 27 heavy (non-hydrogen) atoms. The second kappa shape index (κ2) is 8.97. The Labute approximate surface area is 167 Å². The minimum Gasteiger partial charge on any atom is -0.339 e. The van der Waals surface area contributed by atoms with Crippen LogP contribution < -0.4 is 26.8 Å². The minimum absolute atomic E-state index is 0.000683. The van der Waals surface area contributed by atoms with Gasteiger partial charge in [0, 0.05) is 11.3 Å². The number of carbonyl (C=O) groups is 1. The van der Waals surface area contributed by atoms with E-state index in [1.165, 1.54) is 32.1 Å². The number of nitrogens with one attached hydrogen (secondary N) is 5. The molecule has 5 unspecified atom stereocenters. The lowest BCUT2D eigenvalue weighted by molar-refractivity contribution is -0.125. The first-order chi connectivity index (χ1) is 13.1. The van der Waals surface area contributed by atoms with Crippen molar-refractivity contribution in [3.05, 3.63) is 0 Å². The van der Waals surface area contributed by atoms with Crippen LogP contribution in [0.1, 0.15) is 51.9 Å². The van der Waals surface area contributed by atoms with Gasteiger partial charge in [-0.1, -0.05) is 6.92 Å². The fourth-order valence-electron chi connectivity index (χ4n) is 4.70. The molecule has 0 spiro atoms. The lowest BCUT2D eigenvalue weighted by atomic mass is 9.92. The van der Waals surface area contributed by atoms with Gasteiger partial charge in [-0.3, -0.25) is 15.0 Å². The van der Waals surface area contributed by atoms with Crippen molar-refractivity contribution < 1.29 is 4.79 Å². The van der Waals surface area contributed by atoms with Crippen molar-refractivity contribution in [3.63, 3.8) is 0 Å². The van der Waals surface area contributed by atoms with E-state index in [9.17, 15) is 4.79 Å². The van der Waals surface area contributed by atoms with Gasteiger partial charge >= 0.3 is 0 Å². The van der Waals surface area contributed by atoms with Gasteiger partial charge in [-0.15, -0.1) is 11.8 Å². The highest BCUT2D eigenvalue weighted by Crippen LogP contribution is 2.36. The Morgan fingerprint density at radius 2 is 2.07 bits per heavy atom. The van der Waals surface area contributed by atoms with E-state index in [0.29, 0.717) is 22.7 Å². The summed E-state index contributed by atoms with van der Waals surface area (Å²) >= 11 is 1.98. The quantitative estimate of drug-likeness (QED) is 0.453. The number of hydrazine groups is 1. The van der Waals surface area contributed by atoms with E-state index in [1.54, 1.807) is 0 Å². The monoisotopic (exact) mass is 396 g/mol. The lowest BCUT2D eigenvalue weighted by Gasteiger charge is -2.37. The van der Waals surface area contributed by atoms with Gasteiger partial charge < -0.3 is 10.6 Å². The molecule has 0 radical (unpaired) electrons. The highest BCUT2D eigenvalue weighted by molar-refractivity contribution is 8.00. The topological polar surface area (TPSA) is 80.5 Å². The number of piperidine rings is 2. The van der Waals surface area contributed by atoms with E-state index in [2.05, 4.69) is 45.7 Å². The average Bonchev–Trinajstić information content (AvgIpc) is 3.46. The molecule has 8 heteroatoms. The van der Waals surface area contributed by atoms with Crippen LogP contribution in [0.3, 0.4) is 0 Å². The van der Waals surface area contributed by atoms with E-state index < -0.39 is 0 Å². The Hall–Kier alpha value is -0.380. The standard InChI is InChI=1S/C19H36N6OS/c1-12(27-19-24-21-11-25(19)2)14-8-9-20-17(10-14)23-18(26)16-5-3-4-15(22-16)13-6-7-13/h12-17,19-22,24H,3-11H2,1-2H3,(H,23,26)/t12-,14?,15?,16?,17?,19?/m0/s1. The van der Waals surface area contributed by atoms with Crippen LogP contribution in [0, 0.1) is 11.8 Å². The second-order valence-electron chi connectivity index (χ2n) is 8.82. The molecule has 4 aliphatic rings. The fourth-order valence-corrected chi connectivity index (χ4v) is 6.01. The molecule has 1 amide bonds. The summed E-state index contributed by atoms with van der Waals surface area (Å²) in [4.78, 5) is 15.1. The number of hydrogen-bond acceptors (Lipinski definition) is 7. The summed E-state index contributed by atoms with van der Waals surface area (Å²) < 4.78 is 0. The molecule has 1 aliphatic carbocycles. The average molecular weight is 397 g/mol. The number of amides is 1. The Balaban J connectivity index is 1.24. The lowest BCUT2D eigenvalue weighted by Crippen LogP contribution is -2.58. The fraction of sp³-hybridized carbons (Fsp3) is 0.947. The molecular weight excluding hydrogens is 360 g/mol. The molecular formula is C19H36N6OS. The van der Waals surface area contributed by atoms with Crippen molar-refractivity contribution in [1.29, 1.82) is 0 Å². The first-order valence-electron chi connectivity index (χ1n) is 10.7. The van der Waals surface area contributed by atoms with Gasteiger partial charge in [-0.05, 0) is 70.4 Å². The van der Waals surface area contributed by atoms with Crippen LogP contribution >= 0.6 is 11.8 Å². The van der Waals surface area contributed by atoms with Crippen LogP contribution in [0.2, 0.25) is 0 Å². The minimum atomic E-state index is 0.000683. The molecule has 3 aliphatic heterocycles. The smallest absolute Gasteiger partial charge is 0.238 e. The van der Waals surface area contributed by atoms with Crippen molar-refractivity contribution in [3.8, 4) is 0 Å². The first kappa shape index (κ1) is 19.9. The van der Waals surface area contributed by atoms with E-state index >= 15 is 0 Å². The molecule has 154 valence electrons. The maximum atomic E-state index is 12.8. The predicted octanol–water partition coefficient (Wildman–Crippen LogP) is 0.751. The van der Waals surface area contributed by atoms with E-state index in [0.717, 1.165) is 32.0 Å². The maximum Gasteiger partial charge on any atom is 0.238 e. The third kappa shape index (κ3) is 5.16. The Bertz CT molecular complexity index is 518. The largest absolute Gasteiger partial charge is 0.339 e. The highest BCUT2D eigenvalue weighted by Gasteiger charge is 2.37. The Morgan fingerprint density at radius 3 is 2.81 bits per heavy atom. The van der Waals surface area contributed by atoms with Crippen molar-refractivity contribution >= 4 is 17.7 Å². The SMILES string of the molecule is C[C@H](SC1NNCN1C)C1CCNC(NC(=O)C2CCCC(C3CC3)N2)C1. The number of nitrogens with zero attached hydrogens (tertiary/aromatic N) is 1. The summed E-state index contributed by atoms with van der Waals surface area (Å²) in [5.74, 6) is 1.64. The Kier molecular flexibility index (Phi) is 6.61. The summed E-state index contributed by atoms with van der Waals surface area (Å²) in [6.07, 6.45) is 8.38. The zero-order valence-electron chi connectivity index (χ0n) is 16.7. The summed E-state index contributed by atoms with van der Waals surface area (Å²) in [6.45, 7) is 4.19. The molecule has 0 bridgehead atoms. The van der Waals surface area contributed by atoms with Crippen molar-refractivity contribution in [2.75, 3.05) is 20.3 Å². The molecule has 3 saturated heterocycles. The van der Waals surface area contributed by atoms with Gasteiger partial charge in [0.05, 0.1) is 18.9 Å². The number of thioether (sulfide) groups is 1. The van der Waals surface area contributed by atoms with E-state index in [4.69, 9.17) is 0 Å². The second-order valence-corrected chi connectivity index (χ2v) is 10.3. The zero-order valence-corrected chi connectivity index (χ0v) is 17.5. The predicted molar refractivity (Wildman–Crippen MR) is 110 cm³/mol. The third-order valence-corrected chi connectivity index (χ3v) is 8.20. The van der Waals surface area contributed by atoms with Crippen LogP contribution in [0.15, 0.2) is 0 Å². The van der Waals surface area contributed by atoms with Gasteiger partial charge in [0.25, 0.3) is 0 Å². The number of hydrogen-bond donors (Lipinski definition) is 5. The van der Waals surface area contributed by atoms with Gasteiger partial charge in [-0.2, -0.15) is 0 Å². The van der Waals surface area contributed by atoms with Crippen LogP contribution in [-0.2, 0) is 4.79 Å². The van der Waals surface area contributed by atoms with Crippen LogP contribution in [0.4, 0.5) is 0 Å². The molecule has 7 nitrogen and oxygen atoms in total.